The maximum absolute atomic E-state index is 10.7. The lowest BCUT2D eigenvalue weighted by molar-refractivity contribution is 0.119. The molecular formula is C26H27NO3. The number of aliphatic hydroxyl groups is 1. The predicted molar refractivity (Wildman–Crippen MR) is 117 cm³/mol. The molecule has 0 fully saturated rings. The second kappa shape index (κ2) is 8.50. The molecule has 0 amide bonds. The van der Waals surface area contributed by atoms with Crippen LogP contribution < -0.4 is 14.8 Å². The summed E-state index contributed by atoms with van der Waals surface area (Å²) < 4.78 is 11.0. The summed E-state index contributed by atoms with van der Waals surface area (Å²) >= 11 is 0. The van der Waals surface area contributed by atoms with Gasteiger partial charge in [0.1, 0.15) is 0 Å². The molecule has 4 heteroatoms. The molecule has 0 aromatic heterocycles. The molecule has 4 nitrogen and oxygen atoms in total. The summed E-state index contributed by atoms with van der Waals surface area (Å²) in [5.41, 5.74) is 5.06. The monoisotopic (exact) mass is 401 g/mol. The third-order valence-electron chi connectivity index (χ3n) is 6.27. The van der Waals surface area contributed by atoms with Crippen molar-refractivity contribution in [2.75, 3.05) is 13.3 Å². The van der Waals surface area contributed by atoms with Gasteiger partial charge in [0.2, 0.25) is 6.79 Å². The van der Waals surface area contributed by atoms with Gasteiger partial charge in [-0.15, -0.1) is 0 Å². The fourth-order valence-corrected chi connectivity index (χ4v) is 4.66. The van der Waals surface area contributed by atoms with E-state index in [1.54, 1.807) is 0 Å². The lowest BCUT2D eigenvalue weighted by Crippen LogP contribution is -2.46. The van der Waals surface area contributed by atoms with Crippen LogP contribution in [0.15, 0.2) is 72.8 Å². The van der Waals surface area contributed by atoms with E-state index in [2.05, 4.69) is 72.0 Å². The van der Waals surface area contributed by atoms with Gasteiger partial charge in [0.15, 0.2) is 11.5 Å². The highest BCUT2D eigenvalue weighted by Gasteiger charge is 2.29. The number of fused-ring (bicyclic) bond motifs is 2. The van der Waals surface area contributed by atoms with E-state index in [0.717, 1.165) is 36.4 Å². The number of aliphatic hydroxyl groups excluding tert-OH is 1. The van der Waals surface area contributed by atoms with Crippen molar-refractivity contribution < 1.29 is 14.6 Å². The highest BCUT2D eigenvalue weighted by molar-refractivity contribution is 5.50. The van der Waals surface area contributed by atoms with Crippen LogP contribution in [0, 0.1) is 0 Å². The lowest BCUT2D eigenvalue weighted by atomic mass is 9.85. The normalized spacial score (nSPS) is 19.7. The first-order valence-electron chi connectivity index (χ1n) is 10.7. The van der Waals surface area contributed by atoms with Crippen molar-refractivity contribution in [3.63, 3.8) is 0 Å². The zero-order valence-electron chi connectivity index (χ0n) is 17.0. The van der Waals surface area contributed by atoms with Crippen LogP contribution >= 0.6 is 0 Å². The van der Waals surface area contributed by atoms with E-state index in [4.69, 9.17) is 9.47 Å². The molecule has 0 radical (unpaired) electrons. The number of hydrogen-bond donors (Lipinski definition) is 2. The first-order chi connectivity index (χ1) is 14.8. The van der Waals surface area contributed by atoms with Gasteiger partial charge in [-0.25, -0.2) is 0 Å². The van der Waals surface area contributed by atoms with Crippen LogP contribution in [0.3, 0.4) is 0 Å². The van der Waals surface area contributed by atoms with Crippen molar-refractivity contribution in [3.8, 4) is 11.5 Å². The molecule has 30 heavy (non-hydrogen) atoms. The zero-order chi connectivity index (χ0) is 20.3. The van der Waals surface area contributed by atoms with Crippen molar-refractivity contribution in [3.05, 3.63) is 95.1 Å². The van der Waals surface area contributed by atoms with Gasteiger partial charge in [0.05, 0.1) is 6.10 Å². The van der Waals surface area contributed by atoms with E-state index in [1.165, 1.54) is 16.7 Å². The Morgan fingerprint density at radius 1 is 0.833 bits per heavy atom. The van der Waals surface area contributed by atoms with E-state index in [1.807, 2.05) is 6.07 Å². The van der Waals surface area contributed by atoms with Crippen LogP contribution in [0.5, 0.6) is 11.5 Å². The first kappa shape index (κ1) is 19.2. The summed E-state index contributed by atoms with van der Waals surface area (Å²) in [7, 11) is 0. The Labute approximate surface area is 177 Å². The minimum atomic E-state index is -0.398. The van der Waals surface area contributed by atoms with Gasteiger partial charge in [-0.05, 0) is 53.8 Å². The van der Waals surface area contributed by atoms with Gasteiger partial charge < -0.3 is 19.9 Å². The van der Waals surface area contributed by atoms with Gasteiger partial charge in [-0.3, -0.25) is 0 Å². The molecule has 3 aromatic carbocycles. The molecule has 0 bridgehead atoms. The fraction of sp³-hybridized carbons (Fsp3) is 0.308. The van der Waals surface area contributed by atoms with Crippen molar-refractivity contribution in [2.45, 2.75) is 37.3 Å². The van der Waals surface area contributed by atoms with Crippen molar-refractivity contribution in [2.24, 2.45) is 0 Å². The molecular weight excluding hydrogens is 374 g/mol. The summed E-state index contributed by atoms with van der Waals surface area (Å²) in [4.78, 5) is 0. The van der Waals surface area contributed by atoms with Gasteiger partial charge in [-0.1, -0.05) is 60.7 Å². The zero-order valence-corrected chi connectivity index (χ0v) is 17.0. The molecule has 0 saturated heterocycles. The number of rotatable bonds is 6. The average molecular weight is 402 g/mol. The largest absolute Gasteiger partial charge is 0.454 e. The molecule has 1 aliphatic heterocycles. The molecule has 0 saturated carbocycles. The third kappa shape index (κ3) is 3.93. The minimum Gasteiger partial charge on any atom is -0.454 e. The van der Waals surface area contributed by atoms with Crippen LogP contribution in [-0.2, 0) is 12.8 Å². The topological polar surface area (TPSA) is 50.7 Å². The van der Waals surface area contributed by atoms with Gasteiger partial charge in [0, 0.05) is 18.4 Å². The summed E-state index contributed by atoms with van der Waals surface area (Å²) in [5, 5.41) is 14.4. The van der Waals surface area contributed by atoms with E-state index in [-0.39, 0.29) is 12.8 Å². The van der Waals surface area contributed by atoms with E-state index < -0.39 is 6.10 Å². The number of ether oxygens (including phenoxy) is 2. The molecule has 3 aromatic rings. The lowest BCUT2D eigenvalue weighted by Gasteiger charge is -2.31. The van der Waals surface area contributed by atoms with E-state index in [9.17, 15) is 5.11 Å². The Morgan fingerprint density at radius 2 is 1.40 bits per heavy atom. The molecule has 0 unspecified atom stereocenters. The Morgan fingerprint density at radius 3 is 2.00 bits per heavy atom. The van der Waals surface area contributed by atoms with Crippen LogP contribution in [0.25, 0.3) is 0 Å². The molecule has 2 aliphatic rings. The van der Waals surface area contributed by atoms with Crippen molar-refractivity contribution in [1.29, 1.82) is 0 Å². The number of benzene rings is 3. The van der Waals surface area contributed by atoms with Crippen LogP contribution in [0.2, 0.25) is 0 Å². The van der Waals surface area contributed by atoms with E-state index in [0.29, 0.717) is 12.3 Å². The van der Waals surface area contributed by atoms with Gasteiger partial charge >= 0.3 is 0 Å². The molecule has 2 atom stereocenters. The smallest absolute Gasteiger partial charge is 0.231 e. The summed E-state index contributed by atoms with van der Waals surface area (Å²) in [6, 6.07) is 25.5. The maximum atomic E-state index is 10.7. The first-order valence-corrected chi connectivity index (χ1v) is 10.7. The maximum Gasteiger partial charge on any atom is 0.231 e. The van der Waals surface area contributed by atoms with Gasteiger partial charge in [-0.2, -0.15) is 0 Å². The standard InChI is InChI=1S/C26H27NO3/c28-24-14-21-16-26-25(29-17-30-26)15-20(21)13-23(24)27-12-11-22(18-7-3-1-4-8-18)19-9-5-2-6-10-19/h1-10,15-16,22-24,27-28H,11-14,17H2/t23-,24-/m0/s1. The third-order valence-corrected chi connectivity index (χ3v) is 6.27. The Hall–Kier alpha value is -2.82. The fourth-order valence-electron chi connectivity index (χ4n) is 4.66. The number of hydrogen-bond acceptors (Lipinski definition) is 4. The number of nitrogens with one attached hydrogen (secondary N) is 1. The molecule has 5 rings (SSSR count). The summed E-state index contributed by atoms with van der Waals surface area (Å²) in [5.74, 6) is 1.94. The second-order valence-electron chi connectivity index (χ2n) is 8.17. The molecule has 2 N–H and O–H groups in total. The van der Waals surface area contributed by atoms with Crippen LogP contribution in [0.1, 0.15) is 34.6 Å². The Kier molecular flexibility index (Phi) is 5.43. The average Bonchev–Trinajstić information content (AvgIpc) is 3.24. The highest BCUT2D eigenvalue weighted by Crippen LogP contribution is 2.37. The van der Waals surface area contributed by atoms with Crippen LogP contribution in [-0.4, -0.2) is 30.6 Å². The Bertz CT molecular complexity index is 950. The van der Waals surface area contributed by atoms with Gasteiger partial charge in [0.25, 0.3) is 0 Å². The molecule has 1 aliphatic carbocycles. The van der Waals surface area contributed by atoms with Crippen molar-refractivity contribution in [1.82, 2.24) is 5.32 Å². The second-order valence-corrected chi connectivity index (χ2v) is 8.17. The quantitative estimate of drug-likeness (QED) is 0.654. The Balaban J connectivity index is 1.27. The van der Waals surface area contributed by atoms with Crippen molar-refractivity contribution >= 4 is 0 Å². The van der Waals surface area contributed by atoms with E-state index >= 15 is 0 Å². The summed E-state index contributed by atoms with van der Waals surface area (Å²) in [6.07, 6.45) is 2.02. The highest BCUT2D eigenvalue weighted by atomic mass is 16.7. The molecule has 0 spiro atoms. The summed E-state index contributed by atoms with van der Waals surface area (Å²) in [6.45, 7) is 1.12. The SMILES string of the molecule is O[C@H]1Cc2cc3c(cc2C[C@@H]1NCCC(c1ccccc1)c1ccccc1)OCO3. The molecule has 1 heterocycles. The van der Waals surface area contributed by atoms with Crippen LogP contribution in [0.4, 0.5) is 0 Å². The molecule has 154 valence electrons. The minimum absolute atomic E-state index is 0.0464. The predicted octanol–water partition coefficient (Wildman–Crippen LogP) is 4.06.